The molecule has 5 nitrogen and oxygen atoms in total. The van der Waals surface area contributed by atoms with E-state index in [0.717, 1.165) is 38.2 Å². The van der Waals surface area contributed by atoms with Gasteiger partial charge in [0.2, 0.25) is 0 Å². The number of ether oxygens (including phenoxy) is 2. The predicted molar refractivity (Wildman–Crippen MR) is 114 cm³/mol. The number of carbonyl (C=O) groups is 1. The third-order valence-corrected chi connectivity index (χ3v) is 5.81. The minimum absolute atomic E-state index is 0.111. The van der Waals surface area contributed by atoms with Gasteiger partial charge in [-0.05, 0) is 87.2 Å². The quantitative estimate of drug-likeness (QED) is 0.712. The number of benzene rings is 2. The first kappa shape index (κ1) is 19.8. The summed E-state index contributed by atoms with van der Waals surface area (Å²) in [5, 5.41) is 0. The summed E-state index contributed by atoms with van der Waals surface area (Å²) in [6.45, 7) is 5.01. The molecule has 0 atom stereocenters. The van der Waals surface area contributed by atoms with E-state index in [1.54, 1.807) is 7.11 Å². The summed E-state index contributed by atoms with van der Waals surface area (Å²) in [6, 6.07) is 13.5. The zero-order valence-electron chi connectivity index (χ0n) is 17.2. The molecule has 5 heteroatoms. The summed E-state index contributed by atoms with van der Waals surface area (Å²) >= 11 is 0. The minimum atomic E-state index is 0.111. The van der Waals surface area contributed by atoms with Crippen LogP contribution in [0.1, 0.15) is 48.0 Å². The molecule has 2 heterocycles. The molecule has 0 aromatic heterocycles. The maximum atomic E-state index is 12.6. The van der Waals surface area contributed by atoms with Crippen LogP contribution in [0.4, 0.5) is 0 Å². The lowest BCUT2D eigenvalue weighted by Gasteiger charge is -2.26. The monoisotopic (exact) mass is 394 g/mol. The highest BCUT2D eigenvalue weighted by Gasteiger charge is 2.18. The van der Waals surface area contributed by atoms with Gasteiger partial charge in [0.05, 0.1) is 7.11 Å². The normalized spacial score (nSPS) is 17.3. The van der Waals surface area contributed by atoms with E-state index in [4.69, 9.17) is 9.47 Å². The van der Waals surface area contributed by atoms with Crippen molar-refractivity contribution < 1.29 is 14.3 Å². The number of methoxy groups -OCH3 is 1. The molecule has 1 amide bonds. The van der Waals surface area contributed by atoms with E-state index in [2.05, 4.69) is 17.0 Å². The van der Waals surface area contributed by atoms with Crippen LogP contribution in [-0.2, 0) is 6.54 Å². The Kier molecular flexibility index (Phi) is 6.35. The van der Waals surface area contributed by atoms with Crippen LogP contribution in [0.3, 0.4) is 0 Å². The zero-order valence-corrected chi connectivity index (χ0v) is 17.2. The SMILES string of the molecule is COc1cc(CN2CCCC2)ccc1Oc1ccc(C(=O)N2CCCCC2)cc1. The van der Waals surface area contributed by atoms with Crippen molar-refractivity contribution in [2.45, 2.75) is 38.6 Å². The first-order chi connectivity index (χ1) is 14.2. The van der Waals surface area contributed by atoms with Gasteiger partial charge in [0, 0.05) is 25.2 Å². The molecule has 0 unspecified atom stereocenters. The predicted octanol–water partition coefficient (Wildman–Crippen LogP) is 4.71. The molecule has 0 N–H and O–H groups in total. The van der Waals surface area contributed by atoms with Crippen LogP contribution < -0.4 is 9.47 Å². The van der Waals surface area contributed by atoms with E-state index in [1.165, 1.54) is 37.9 Å². The first-order valence-electron chi connectivity index (χ1n) is 10.7. The van der Waals surface area contributed by atoms with Crippen LogP contribution in [0.15, 0.2) is 42.5 Å². The van der Waals surface area contributed by atoms with Gasteiger partial charge in [-0.25, -0.2) is 0 Å². The molecule has 154 valence electrons. The molecule has 0 bridgehead atoms. The molecule has 0 aliphatic carbocycles. The van der Waals surface area contributed by atoms with Gasteiger partial charge in [0.25, 0.3) is 5.91 Å². The molecule has 0 saturated carbocycles. The van der Waals surface area contributed by atoms with Crippen molar-refractivity contribution in [1.29, 1.82) is 0 Å². The van der Waals surface area contributed by atoms with Crippen LogP contribution in [0.2, 0.25) is 0 Å². The fourth-order valence-corrected chi connectivity index (χ4v) is 4.17. The van der Waals surface area contributed by atoms with Crippen molar-refractivity contribution in [3.05, 3.63) is 53.6 Å². The van der Waals surface area contributed by atoms with E-state index in [9.17, 15) is 4.79 Å². The third-order valence-electron chi connectivity index (χ3n) is 5.81. The molecule has 2 aromatic carbocycles. The Morgan fingerprint density at radius 2 is 1.55 bits per heavy atom. The molecule has 2 aliphatic rings. The van der Waals surface area contributed by atoms with Crippen molar-refractivity contribution in [1.82, 2.24) is 9.80 Å². The Morgan fingerprint density at radius 1 is 0.862 bits per heavy atom. The van der Waals surface area contributed by atoms with Crippen molar-refractivity contribution in [3.63, 3.8) is 0 Å². The number of likely N-dealkylation sites (tertiary alicyclic amines) is 2. The number of rotatable bonds is 6. The van der Waals surface area contributed by atoms with E-state index >= 15 is 0 Å². The van der Waals surface area contributed by atoms with Crippen molar-refractivity contribution in [2.75, 3.05) is 33.3 Å². The van der Waals surface area contributed by atoms with Crippen molar-refractivity contribution in [2.24, 2.45) is 0 Å². The van der Waals surface area contributed by atoms with Gasteiger partial charge >= 0.3 is 0 Å². The van der Waals surface area contributed by atoms with Gasteiger partial charge in [-0.2, -0.15) is 0 Å². The number of hydrogen-bond acceptors (Lipinski definition) is 4. The lowest BCUT2D eigenvalue weighted by atomic mass is 10.1. The number of hydrogen-bond donors (Lipinski definition) is 0. The highest BCUT2D eigenvalue weighted by atomic mass is 16.5. The second-order valence-electron chi connectivity index (χ2n) is 7.95. The van der Waals surface area contributed by atoms with Crippen LogP contribution in [0.5, 0.6) is 17.2 Å². The van der Waals surface area contributed by atoms with E-state index in [0.29, 0.717) is 17.1 Å². The summed E-state index contributed by atoms with van der Waals surface area (Å²) in [4.78, 5) is 17.0. The lowest BCUT2D eigenvalue weighted by molar-refractivity contribution is 0.0724. The second kappa shape index (κ2) is 9.31. The number of amides is 1. The van der Waals surface area contributed by atoms with Gasteiger partial charge in [-0.15, -0.1) is 0 Å². The van der Waals surface area contributed by atoms with Crippen LogP contribution in [-0.4, -0.2) is 49.0 Å². The summed E-state index contributed by atoms with van der Waals surface area (Å²) in [7, 11) is 1.67. The summed E-state index contributed by atoms with van der Waals surface area (Å²) < 4.78 is 11.6. The molecule has 0 radical (unpaired) electrons. The molecule has 2 aliphatic heterocycles. The molecule has 29 heavy (non-hydrogen) atoms. The molecule has 0 spiro atoms. The van der Waals surface area contributed by atoms with Gasteiger partial charge in [-0.3, -0.25) is 9.69 Å². The Morgan fingerprint density at radius 3 is 2.24 bits per heavy atom. The highest BCUT2D eigenvalue weighted by Crippen LogP contribution is 2.33. The van der Waals surface area contributed by atoms with Crippen LogP contribution >= 0.6 is 0 Å². The lowest BCUT2D eigenvalue weighted by Crippen LogP contribution is -2.35. The van der Waals surface area contributed by atoms with E-state index in [1.807, 2.05) is 35.2 Å². The molecular weight excluding hydrogens is 364 g/mol. The molecular formula is C24H30N2O3. The zero-order chi connectivity index (χ0) is 20.1. The fourth-order valence-electron chi connectivity index (χ4n) is 4.17. The maximum absolute atomic E-state index is 12.6. The second-order valence-corrected chi connectivity index (χ2v) is 7.95. The molecule has 2 aromatic rings. The van der Waals surface area contributed by atoms with Crippen molar-refractivity contribution >= 4 is 5.91 Å². The molecule has 2 saturated heterocycles. The topological polar surface area (TPSA) is 42.0 Å². The average molecular weight is 395 g/mol. The van der Waals surface area contributed by atoms with Gasteiger partial charge < -0.3 is 14.4 Å². The standard InChI is InChI=1S/C24H30N2O3/c1-28-23-17-19(18-25-13-5-6-14-25)7-12-22(23)29-21-10-8-20(9-11-21)24(27)26-15-3-2-4-16-26/h7-12,17H,2-6,13-16,18H2,1H3. The maximum Gasteiger partial charge on any atom is 0.253 e. The smallest absolute Gasteiger partial charge is 0.253 e. The number of carbonyl (C=O) groups excluding carboxylic acids is 1. The Hall–Kier alpha value is -2.53. The van der Waals surface area contributed by atoms with Gasteiger partial charge in [0.15, 0.2) is 11.5 Å². The third kappa shape index (κ3) is 4.91. The van der Waals surface area contributed by atoms with E-state index < -0.39 is 0 Å². The first-order valence-corrected chi connectivity index (χ1v) is 10.7. The number of piperidine rings is 1. The van der Waals surface area contributed by atoms with Gasteiger partial charge in [0.1, 0.15) is 5.75 Å². The van der Waals surface area contributed by atoms with E-state index in [-0.39, 0.29) is 5.91 Å². The van der Waals surface area contributed by atoms with Crippen molar-refractivity contribution in [3.8, 4) is 17.2 Å². The molecule has 4 rings (SSSR count). The average Bonchev–Trinajstić information content (AvgIpc) is 3.28. The largest absolute Gasteiger partial charge is 0.493 e. The summed E-state index contributed by atoms with van der Waals surface area (Å²) in [5.74, 6) is 2.23. The van der Waals surface area contributed by atoms with Crippen LogP contribution in [0, 0.1) is 0 Å². The highest BCUT2D eigenvalue weighted by molar-refractivity contribution is 5.94. The summed E-state index contributed by atoms with van der Waals surface area (Å²) in [6.07, 6.45) is 5.99. The minimum Gasteiger partial charge on any atom is -0.493 e. The van der Waals surface area contributed by atoms with Crippen LogP contribution in [0.25, 0.3) is 0 Å². The van der Waals surface area contributed by atoms with Gasteiger partial charge in [-0.1, -0.05) is 6.07 Å². The fraction of sp³-hybridized carbons (Fsp3) is 0.458. The Bertz CT molecular complexity index is 823. The Balaban J connectivity index is 1.42. The molecule has 2 fully saturated rings. The number of nitrogens with zero attached hydrogens (tertiary/aromatic N) is 2. The Labute approximate surface area is 173 Å². The summed E-state index contributed by atoms with van der Waals surface area (Å²) in [5.41, 5.74) is 1.95.